The van der Waals surface area contributed by atoms with E-state index in [1.165, 1.54) is 0 Å². The SMILES string of the molecule is CCCCC(=O)NCCN1CCN(c2nc3c(OC)ccc(OC)c3s2)CC1. The number of hydrogen-bond acceptors (Lipinski definition) is 7. The lowest BCUT2D eigenvalue weighted by Crippen LogP contribution is -2.48. The zero-order valence-electron chi connectivity index (χ0n) is 17.0. The van der Waals surface area contributed by atoms with Crippen LogP contribution in [0, 0.1) is 0 Å². The molecule has 28 heavy (non-hydrogen) atoms. The number of nitrogens with zero attached hydrogens (tertiary/aromatic N) is 3. The molecule has 0 spiro atoms. The van der Waals surface area contributed by atoms with E-state index in [1.807, 2.05) is 12.1 Å². The number of aromatic nitrogens is 1. The molecular weight excluding hydrogens is 376 g/mol. The summed E-state index contributed by atoms with van der Waals surface area (Å²) in [6.07, 6.45) is 2.65. The highest BCUT2D eigenvalue weighted by Crippen LogP contribution is 2.40. The van der Waals surface area contributed by atoms with Gasteiger partial charge in [0.1, 0.15) is 21.7 Å². The van der Waals surface area contributed by atoms with Crippen molar-refractivity contribution in [1.29, 1.82) is 0 Å². The Labute approximate surface area is 170 Å². The molecule has 154 valence electrons. The van der Waals surface area contributed by atoms with Crippen LogP contribution in [0.3, 0.4) is 0 Å². The third-order valence-electron chi connectivity index (χ3n) is 5.05. The lowest BCUT2D eigenvalue weighted by atomic mass is 10.2. The van der Waals surface area contributed by atoms with Gasteiger partial charge in [-0.05, 0) is 18.6 Å². The fraction of sp³-hybridized carbons (Fsp3) is 0.600. The van der Waals surface area contributed by atoms with Crippen LogP contribution in [0.25, 0.3) is 10.2 Å². The summed E-state index contributed by atoms with van der Waals surface area (Å²) >= 11 is 1.65. The molecule has 3 rings (SSSR count). The highest BCUT2D eigenvalue weighted by molar-refractivity contribution is 7.22. The number of hydrogen-bond donors (Lipinski definition) is 1. The van der Waals surface area contributed by atoms with Gasteiger partial charge in [0, 0.05) is 45.7 Å². The molecule has 0 unspecified atom stereocenters. The van der Waals surface area contributed by atoms with Gasteiger partial charge in [-0.15, -0.1) is 0 Å². The summed E-state index contributed by atoms with van der Waals surface area (Å²) < 4.78 is 12.0. The van der Waals surface area contributed by atoms with E-state index in [0.29, 0.717) is 6.42 Å². The molecular formula is C20H30N4O3S. The summed E-state index contributed by atoms with van der Waals surface area (Å²) in [6.45, 7) is 7.50. The minimum Gasteiger partial charge on any atom is -0.495 e. The van der Waals surface area contributed by atoms with Crippen LogP contribution in [0.15, 0.2) is 12.1 Å². The lowest BCUT2D eigenvalue weighted by molar-refractivity contribution is -0.121. The number of anilines is 1. The molecule has 1 aliphatic heterocycles. The first-order valence-electron chi connectivity index (χ1n) is 9.91. The molecule has 0 saturated carbocycles. The number of piperazine rings is 1. The smallest absolute Gasteiger partial charge is 0.220 e. The molecule has 0 atom stereocenters. The van der Waals surface area contributed by atoms with E-state index in [0.717, 1.165) is 79.0 Å². The molecule has 0 aliphatic carbocycles. The third-order valence-corrected chi connectivity index (χ3v) is 6.18. The fourth-order valence-electron chi connectivity index (χ4n) is 3.35. The molecule has 2 heterocycles. The molecule has 7 nitrogen and oxygen atoms in total. The average molecular weight is 407 g/mol. The number of amides is 1. The van der Waals surface area contributed by atoms with Crippen molar-refractivity contribution in [1.82, 2.24) is 15.2 Å². The van der Waals surface area contributed by atoms with E-state index in [-0.39, 0.29) is 5.91 Å². The van der Waals surface area contributed by atoms with Gasteiger partial charge in [-0.25, -0.2) is 4.98 Å². The van der Waals surface area contributed by atoms with Crippen molar-refractivity contribution < 1.29 is 14.3 Å². The molecule has 1 aromatic carbocycles. The summed E-state index contributed by atoms with van der Waals surface area (Å²) in [7, 11) is 3.35. The van der Waals surface area contributed by atoms with Gasteiger partial charge >= 0.3 is 0 Å². The van der Waals surface area contributed by atoms with Gasteiger partial charge in [-0.3, -0.25) is 9.69 Å². The molecule has 1 N–H and O–H groups in total. The average Bonchev–Trinajstić information content (AvgIpc) is 3.17. The van der Waals surface area contributed by atoms with Crippen LogP contribution in [0.4, 0.5) is 5.13 Å². The van der Waals surface area contributed by atoms with Crippen LogP contribution >= 0.6 is 11.3 Å². The maximum Gasteiger partial charge on any atom is 0.220 e. The Morgan fingerprint density at radius 1 is 1.18 bits per heavy atom. The second-order valence-corrected chi connectivity index (χ2v) is 7.90. The predicted molar refractivity (Wildman–Crippen MR) is 114 cm³/mol. The summed E-state index contributed by atoms with van der Waals surface area (Å²) in [5, 5.41) is 4.02. The van der Waals surface area contributed by atoms with Crippen molar-refractivity contribution >= 4 is 32.6 Å². The highest BCUT2D eigenvalue weighted by Gasteiger charge is 2.22. The normalized spacial score (nSPS) is 15.0. The minimum absolute atomic E-state index is 0.165. The lowest BCUT2D eigenvalue weighted by Gasteiger charge is -2.34. The Hall–Kier alpha value is -2.06. The molecule has 1 aromatic heterocycles. The van der Waals surface area contributed by atoms with Crippen molar-refractivity contribution in [2.45, 2.75) is 26.2 Å². The van der Waals surface area contributed by atoms with Crippen molar-refractivity contribution in [2.75, 3.05) is 58.4 Å². The van der Waals surface area contributed by atoms with Crippen LogP contribution in [0.2, 0.25) is 0 Å². The largest absolute Gasteiger partial charge is 0.495 e. The van der Waals surface area contributed by atoms with Gasteiger partial charge in [0.05, 0.1) is 14.2 Å². The maximum absolute atomic E-state index is 11.7. The Morgan fingerprint density at radius 2 is 1.89 bits per heavy atom. The number of thiazole rings is 1. The van der Waals surface area contributed by atoms with Crippen molar-refractivity contribution in [2.24, 2.45) is 0 Å². The number of carbonyl (C=O) groups excluding carboxylic acids is 1. The topological polar surface area (TPSA) is 66.9 Å². The zero-order chi connectivity index (χ0) is 19.9. The van der Waals surface area contributed by atoms with E-state index in [2.05, 4.69) is 22.0 Å². The predicted octanol–water partition coefficient (Wildman–Crippen LogP) is 2.74. The molecule has 2 aromatic rings. The number of rotatable bonds is 9. The van der Waals surface area contributed by atoms with E-state index < -0.39 is 0 Å². The standard InChI is InChI=1S/C20H30N4O3S/c1-4-5-6-17(25)21-9-10-23-11-13-24(14-12-23)20-22-18-15(26-2)7-8-16(27-3)19(18)28-20/h7-8H,4-6,9-14H2,1-3H3,(H,21,25). The number of nitrogens with one attached hydrogen (secondary N) is 1. The van der Waals surface area contributed by atoms with Crippen molar-refractivity contribution in [3.63, 3.8) is 0 Å². The van der Waals surface area contributed by atoms with Gasteiger partial charge in [0.2, 0.25) is 5.91 Å². The summed E-state index contributed by atoms with van der Waals surface area (Å²) in [4.78, 5) is 21.2. The first-order valence-corrected chi connectivity index (χ1v) is 10.7. The number of fused-ring (bicyclic) bond motifs is 1. The summed E-state index contributed by atoms with van der Waals surface area (Å²) in [5.41, 5.74) is 0.860. The third kappa shape index (κ3) is 4.86. The summed E-state index contributed by atoms with van der Waals surface area (Å²) in [6, 6.07) is 3.83. The van der Waals surface area contributed by atoms with Gasteiger partial charge in [-0.2, -0.15) is 0 Å². The Morgan fingerprint density at radius 3 is 2.57 bits per heavy atom. The van der Waals surface area contributed by atoms with Crippen LogP contribution < -0.4 is 19.7 Å². The fourth-order valence-corrected chi connectivity index (χ4v) is 4.48. The number of carbonyl (C=O) groups is 1. The van der Waals surface area contributed by atoms with Crippen LogP contribution in [0.1, 0.15) is 26.2 Å². The molecule has 1 aliphatic rings. The van der Waals surface area contributed by atoms with Crippen LogP contribution in [-0.4, -0.2) is 69.3 Å². The van der Waals surface area contributed by atoms with Gasteiger partial charge < -0.3 is 19.7 Å². The second-order valence-electron chi connectivity index (χ2n) is 6.93. The quantitative estimate of drug-likeness (QED) is 0.691. The van der Waals surface area contributed by atoms with Crippen molar-refractivity contribution in [3.05, 3.63) is 12.1 Å². The Balaban J connectivity index is 1.54. The van der Waals surface area contributed by atoms with Crippen LogP contribution in [-0.2, 0) is 4.79 Å². The van der Waals surface area contributed by atoms with Crippen molar-refractivity contribution in [3.8, 4) is 11.5 Å². The molecule has 1 saturated heterocycles. The molecule has 1 fully saturated rings. The number of benzene rings is 1. The number of unbranched alkanes of at least 4 members (excludes halogenated alkanes) is 1. The van der Waals surface area contributed by atoms with E-state index >= 15 is 0 Å². The Bertz CT molecular complexity index is 746. The van der Waals surface area contributed by atoms with E-state index in [1.54, 1.807) is 25.6 Å². The first kappa shape index (κ1) is 20.7. The zero-order valence-corrected chi connectivity index (χ0v) is 17.8. The van der Waals surface area contributed by atoms with Crippen LogP contribution in [0.5, 0.6) is 11.5 Å². The molecule has 1 amide bonds. The molecule has 8 heteroatoms. The molecule has 0 bridgehead atoms. The number of ether oxygens (including phenoxy) is 2. The second kappa shape index (κ2) is 9.93. The Kier molecular flexibility index (Phi) is 7.33. The monoisotopic (exact) mass is 406 g/mol. The highest BCUT2D eigenvalue weighted by atomic mass is 32.1. The first-order chi connectivity index (χ1) is 13.7. The number of methoxy groups -OCH3 is 2. The van der Waals surface area contributed by atoms with Gasteiger partial charge in [0.15, 0.2) is 5.13 Å². The van der Waals surface area contributed by atoms with E-state index in [9.17, 15) is 4.79 Å². The maximum atomic E-state index is 11.7. The molecule has 0 radical (unpaired) electrons. The van der Waals surface area contributed by atoms with E-state index in [4.69, 9.17) is 14.5 Å². The van der Waals surface area contributed by atoms with Gasteiger partial charge in [0.25, 0.3) is 0 Å². The minimum atomic E-state index is 0.165. The summed E-state index contributed by atoms with van der Waals surface area (Å²) in [5.74, 6) is 1.77. The van der Waals surface area contributed by atoms with Gasteiger partial charge in [-0.1, -0.05) is 24.7 Å².